The largest absolute Gasteiger partial charge is 0.492 e. The van der Waals surface area contributed by atoms with Gasteiger partial charge in [0.05, 0.1) is 16.6 Å². The Kier molecular flexibility index (Phi) is 2.00. The second kappa shape index (κ2) is 3.03. The van der Waals surface area contributed by atoms with E-state index in [0.717, 1.165) is 0 Å². The first-order valence-electron chi connectivity index (χ1n) is 3.94. The quantitative estimate of drug-likeness (QED) is 0.708. The third kappa shape index (κ3) is 1.31. The van der Waals surface area contributed by atoms with Crippen LogP contribution in [0.4, 0.5) is 5.69 Å². The molecule has 1 aliphatic rings. The summed E-state index contributed by atoms with van der Waals surface area (Å²) < 4.78 is 5.97. The number of Topliss-reactive ketones (excluding diaryl/α,β-unsaturated/α-hetero) is 1. The van der Waals surface area contributed by atoms with Crippen molar-refractivity contribution in [3.8, 4) is 5.75 Å². The van der Waals surface area contributed by atoms with Crippen LogP contribution in [-0.4, -0.2) is 12.4 Å². The Morgan fingerprint density at radius 3 is 3.00 bits per heavy atom. The van der Waals surface area contributed by atoms with E-state index in [1.807, 2.05) is 0 Å². The molecule has 2 N–H and O–H groups in total. The maximum atomic E-state index is 11.5. The first kappa shape index (κ1) is 8.56. The Morgan fingerprint density at radius 1 is 1.46 bits per heavy atom. The molecule has 2 rings (SSSR count). The first-order valence-corrected chi connectivity index (χ1v) is 4.73. The Bertz CT molecular complexity index is 376. The van der Waals surface area contributed by atoms with Crippen molar-refractivity contribution in [1.29, 1.82) is 0 Å². The summed E-state index contributed by atoms with van der Waals surface area (Å²) in [5.41, 5.74) is 6.79. The summed E-state index contributed by atoms with van der Waals surface area (Å²) in [7, 11) is 0. The standard InChI is InChI=1S/C9H8BrNO2/c10-9-5(11)1-2-7-8(9)6(12)3-4-13-7/h1-2H,3-4,11H2. The summed E-state index contributed by atoms with van der Waals surface area (Å²) in [6.45, 7) is 0.461. The molecule has 0 saturated heterocycles. The number of benzene rings is 1. The number of carbonyl (C=O) groups excluding carboxylic acids is 1. The van der Waals surface area contributed by atoms with Gasteiger partial charge < -0.3 is 10.5 Å². The number of hydrogen-bond acceptors (Lipinski definition) is 3. The van der Waals surface area contributed by atoms with Crippen LogP contribution in [0.1, 0.15) is 16.8 Å². The second-order valence-electron chi connectivity index (χ2n) is 2.86. The minimum atomic E-state index is 0.0837. The Morgan fingerprint density at radius 2 is 2.23 bits per heavy atom. The zero-order valence-electron chi connectivity index (χ0n) is 6.84. The smallest absolute Gasteiger partial charge is 0.171 e. The van der Waals surface area contributed by atoms with Crippen molar-refractivity contribution in [3.05, 3.63) is 22.2 Å². The average molecular weight is 242 g/mol. The maximum absolute atomic E-state index is 11.5. The monoisotopic (exact) mass is 241 g/mol. The normalized spacial score (nSPS) is 15.0. The van der Waals surface area contributed by atoms with Crippen LogP contribution in [-0.2, 0) is 0 Å². The predicted molar refractivity (Wildman–Crippen MR) is 53.0 cm³/mol. The molecule has 0 aromatic heterocycles. The van der Waals surface area contributed by atoms with Crippen molar-refractivity contribution in [3.63, 3.8) is 0 Å². The Labute approximate surface area is 84.0 Å². The van der Waals surface area contributed by atoms with Gasteiger partial charge in [-0.15, -0.1) is 0 Å². The number of hydrogen-bond donors (Lipinski definition) is 1. The summed E-state index contributed by atoms with van der Waals surface area (Å²) in [6.07, 6.45) is 0.426. The van der Waals surface area contributed by atoms with Gasteiger partial charge in [0.15, 0.2) is 5.78 Å². The van der Waals surface area contributed by atoms with Crippen LogP contribution >= 0.6 is 15.9 Å². The highest BCUT2D eigenvalue weighted by molar-refractivity contribution is 9.10. The molecule has 0 spiro atoms. The lowest BCUT2D eigenvalue weighted by atomic mass is 10.0. The summed E-state index contributed by atoms with van der Waals surface area (Å²) in [5.74, 6) is 0.706. The van der Waals surface area contributed by atoms with Crippen molar-refractivity contribution in [2.75, 3.05) is 12.3 Å². The fourth-order valence-corrected chi connectivity index (χ4v) is 1.88. The van der Waals surface area contributed by atoms with Crippen molar-refractivity contribution < 1.29 is 9.53 Å². The van der Waals surface area contributed by atoms with Gasteiger partial charge in [-0.1, -0.05) is 0 Å². The highest BCUT2D eigenvalue weighted by Crippen LogP contribution is 2.34. The highest BCUT2D eigenvalue weighted by atomic mass is 79.9. The lowest BCUT2D eigenvalue weighted by molar-refractivity contribution is 0.0932. The van der Waals surface area contributed by atoms with Crippen LogP contribution in [0, 0.1) is 0 Å². The van der Waals surface area contributed by atoms with Crippen molar-refractivity contribution in [2.45, 2.75) is 6.42 Å². The van der Waals surface area contributed by atoms with Crippen molar-refractivity contribution >= 4 is 27.4 Å². The van der Waals surface area contributed by atoms with Gasteiger partial charge in [-0.3, -0.25) is 4.79 Å². The SMILES string of the molecule is Nc1ccc2c(c1Br)C(=O)CCO2. The highest BCUT2D eigenvalue weighted by Gasteiger charge is 2.22. The summed E-state index contributed by atoms with van der Waals surface area (Å²) in [5, 5.41) is 0. The number of ketones is 1. The lowest BCUT2D eigenvalue weighted by Crippen LogP contribution is -2.16. The number of halogens is 1. The molecule has 1 heterocycles. The third-order valence-electron chi connectivity index (χ3n) is 2.00. The molecular weight excluding hydrogens is 234 g/mol. The summed E-state index contributed by atoms with van der Waals surface area (Å²) >= 11 is 3.28. The van der Waals surface area contributed by atoms with Crippen LogP contribution in [0.15, 0.2) is 16.6 Å². The molecule has 0 fully saturated rings. The zero-order chi connectivity index (χ0) is 9.42. The van der Waals surface area contributed by atoms with E-state index in [9.17, 15) is 4.79 Å². The topological polar surface area (TPSA) is 52.3 Å². The van der Waals surface area contributed by atoms with Gasteiger partial charge in [0, 0.05) is 12.1 Å². The molecule has 0 amide bonds. The molecular formula is C9H8BrNO2. The maximum Gasteiger partial charge on any atom is 0.171 e. The van der Waals surface area contributed by atoms with Gasteiger partial charge in [0.2, 0.25) is 0 Å². The van der Waals surface area contributed by atoms with E-state index in [1.54, 1.807) is 12.1 Å². The van der Waals surface area contributed by atoms with Gasteiger partial charge in [0.1, 0.15) is 5.75 Å². The predicted octanol–water partition coefficient (Wildman–Crippen LogP) is 2.00. The Balaban J connectivity index is 2.65. The van der Waals surface area contributed by atoms with E-state index in [1.165, 1.54) is 0 Å². The van der Waals surface area contributed by atoms with Crippen LogP contribution < -0.4 is 10.5 Å². The number of fused-ring (bicyclic) bond motifs is 1. The molecule has 3 nitrogen and oxygen atoms in total. The molecule has 1 aromatic rings. The molecule has 0 bridgehead atoms. The number of nitrogens with two attached hydrogens (primary N) is 1. The van der Waals surface area contributed by atoms with E-state index >= 15 is 0 Å². The fraction of sp³-hybridized carbons (Fsp3) is 0.222. The van der Waals surface area contributed by atoms with Gasteiger partial charge in [-0.2, -0.15) is 0 Å². The van der Waals surface area contributed by atoms with Gasteiger partial charge in [0.25, 0.3) is 0 Å². The second-order valence-corrected chi connectivity index (χ2v) is 3.66. The van der Waals surface area contributed by atoms with Crippen molar-refractivity contribution in [1.82, 2.24) is 0 Å². The average Bonchev–Trinajstić information content (AvgIpc) is 2.12. The van der Waals surface area contributed by atoms with Crippen molar-refractivity contribution in [2.24, 2.45) is 0 Å². The van der Waals surface area contributed by atoms with E-state index in [0.29, 0.717) is 34.5 Å². The number of rotatable bonds is 0. The van der Waals surface area contributed by atoms with E-state index < -0.39 is 0 Å². The Hall–Kier alpha value is -1.03. The van der Waals surface area contributed by atoms with Crippen LogP contribution in [0.5, 0.6) is 5.75 Å². The molecule has 68 valence electrons. The molecule has 0 saturated carbocycles. The summed E-state index contributed by atoms with van der Waals surface area (Å²) in [4.78, 5) is 11.5. The molecule has 0 unspecified atom stereocenters. The molecule has 0 atom stereocenters. The van der Waals surface area contributed by atoms with Gasteiger partial charge in [-0.05, 0) is 28.1 Å². The first-order chi connectivity index (χ1) is 6.20. The zero-order valence-corrected chi connectivity index (χ0v) is 8.43. The molecule has 0 radical (unpaired) electrons. The van der Waals surface area contributed by atoms with Gasteiger partial charge in [-0.25, -0.2) is 0 Å². The molecule has 4 heteroatoms. The molecule has 1 aliphatic heterocycles. The minimum absolute atomic E-state index is 0.0837. The molecule has 13 heavy (non-hydrogen) atoms. The number of nitrogen functional groups attached to an aromatic ring is 1. The summed E-state index contributed by atoms with van der Waals surface area (Å²) in [6, 6.07) is 3.45. The lowest BCUT2D eigenvalue weighted by Gasteiger charge is -2.17. The molecule has 0 aliphatic carbocycles. The van der Waals surface area contributed by atoms with E-state index in [2.05, 4.69) is 15.9 Å². The van der Waals surface area contributed by atoms with Gasteiger partial charge >= 0.3 is 0 Å². The van der Waals surface area contributed by atoms with Crippen LogP contribution in [0.3, 0.4) is 0 Å². The number of carbonyl (C=O) groups is 1. The fourth-order valence-electron chi connectivity index (χ4n) is 1.33. The van der Waals surface area contributed by atoms with E-state index in [-0.39, 0.29) is 5.78 Å². The van der Waals surface area contributed by atoms with Crippen LogP contribution in [0.2, 0.25) is 0 Å². The number of anilines is 1. The third-order valence-corrected chi connectivity index (χ3v) is 2.85. The molecule has 1 aromatic carbocycles. The van der Waals surface area contributed by atoms with Crippen LogP contribution in [0.25, 0.3) is 0 Å². The van der Waals surface area contributed by atoms with E-state index in [4.69, 9.17) is 10.5 Å². The number of ether oxygens (including phenoxy) is 1. The minimum Gasteiger partial charge on any atom is -0.492 e.